The zero-order chi connectivity index (χ0) is 18.6. The number of rotatable bonds is 2. The molecule has 2 fully saturated rings. The quantitative estimate of drug-likeness (QED) is 0.894. The van der Waals surface area contributed by atoms with Gasteiger partial charge in [0.2, 0.25) is 0 Å². The van der Waals surface area contributed by atoms with E-state index in [4.69, 9.17) is 9.15 Å². The Hall–Kier alpha value is -2.34. The lowest BCUT2D eigenvalue weighted by atomic mass is 9.74. The first-order chi connectivity index (χ1) is 12.3. The van der Waals surface area contributed by atoms with Crippen molar-refractivity contribution in [2.24, 2.45) is 11.3 Å². The van der Waals surface area contributed by atoms with Crippen LogP contribution in [0.25, 0.3) is 11.0 Å². The molecule has 1 aromatic carbocycles. The number of carboxylic acid groups (broad SMARTS) is 1. The fourth-order valence-corrected chi connectivity index (χ4v) is 4.48. The van der Waals surface area contributed by atoms with Crippen molar-refractivity contribution in [3.63, 3.8) is 0 Å². The SMILES string of the molecule is Cc1ccc(C)c2c(C)c(C(=O)N3C[C@H]4COCC[C@@]4(C(=O)O)C3)oc12. The number of carbonyl (C=O) groups is 2. The van der Waals surface area contributed by atoms with Crippen molar-refractivity contribution in [3.8, 4) is 0 Å². The Morgan fingerprint density at radius 3 is 2.62 bits per heavy atom. The second-order valence-corrected chi connectivity index (χ2v) is 7.63. The highest BCUT2D eigenvalue weighted by Gasteiger charge is 2.55. The van der Waals surface area contributed by atoms with Crippen molar-refractivity contribution in [1.82, 2.24) is 4.90 Å². The standard InChI is InChI=1S/C20H23NO5/c1-11-4-5-12(2)16-15(11)13(3)17(26-16)18(22)21-8-14-9-25-7-6-20(14,10-21)19(23)24/h4-5,14H,6-10H2,1-3H3,(H,23,24)/t14-,20+/m0/s1. The largest absolute Gasteiger partial charge is 0.481 e. The van der Waals surface area contributed by atoms with Crippen LogP contribution in [0.3, 0.4) is 0 Å². The van der Waals surface area contributed by atoms with Crippen LogP contribution in [0.2, 0.25) is 0 Å². The molecule has 1 aromatic heterocycles. The zero-order valence-corrected chi connectivity index (χ0v) is 15.3. The van der Waals surface area contributed by atoms with Gasteiger partial charge in [0.15, 0.2) is 5.76 Å². The molecule has 1 amide bonds. The van der Waals surface area contributed by atoms with E-state index < -0.39 is 11.4 Å². The topological polar surface area (TPSA) is 80.0 Å². The van der Waals surface area contributed by atoms with E-state index in [2.05, 4.69) is 0 Å². The average Bonchev–Trinajstić information content (AvgIpc) is 3.18. The fraction of sp³-hybridized carbons (Fsp3) is 0.500. The van der Waals surface area contributed by atoms with Crippen molar-refractivity contribution >= 4 is 22.8 Å². The van der Waals surface area contributed by atoms with Crippen molar-refractivity contribution in [1.29, 1.82) is 0 Å². The number of likely N-dealkylation sites (tertiary alicyclic amines) is 1. The number of furan rings is 1. The highest BCUT2D eigenvalue weighted by Crippen LogP contribution is 2.43. The molecule has 0 bridgehead atoms. The van der Waals surface area contributed by atoms with Crippen LogP contribution in [0.5, 0.6) is 0 Å². The smallest absolute Gasteiger partial charge is 0.311 e. The average molecular weight is 357 g/mol. The van der Waals surface area contributed by atoms with Crippen LogP contribution < -0.4 is 0 Å². The highest BCUT2D eigenvalue weighted by molar-refractivity contribution is 6.01. The third-order valence-corrected chi connectivity index (χ3v) is 6.10. The number of hydrogen-bond donors (Lipinski definition) is 1. The molecule has 0 unspecified atom stereocenters. The molecule has 0 saturated carbocycles. The number of benzene rings is 1. The Bertz CT molecular complexity index is 915. The van der Waals surface area contributed by atoms with Crippen LogP contribution >= 0.6 is 0 Å². The number of amides is 1. The summed E-state index contributed by atoms with van der Waals surface area (Å²) in [4.78, 5) is 26.7. The van der Waals surface area contributed by atoms with E-state index in [1.54, 1.807) is 4.90 Å². The Morgan fingerprint density at radius 2 is 1.96 bits per heavy atom. The molecule has 0 radical (unpaired) electrons. The predicted octanol–water partition coefficient (Wildman–Crippen LogP) is 2.92. The first-order valence-corrected chi connectivity index (χ1v) is 8.95. The van der Waals surface area contributed by atoms with Crippen LogP contribution in [0.4, 0.5) is 0 Å². The summed E-state index contributed by atoms with van der Waals surface area (Å²) in [5, 5.41) is 10.8. The van der Waals surface area contributed by atoms with Gasteiger partial charge in [0.1, 0.15) is 5.58 Å². The van der Waals surface area contributed by atoms with E-state index in [-0.39, 0.29) is 18.4 Å². The van der Waals surface area contributed by atoms with Gasteiger partial charge < -0.3 is 19.2 Å². The molecule has 2 aliphatic rings. The van der Waals surface area contributed by atoms with E-state index in [0.717, 1.165) is 27.7 Å². The lowest BCUT2D eigenvalue weighted by molar-refractivity contribution is -0.157. The number of nitrogens with zero attached hydrogens (tertiary/aromatic N) is 1. The maximum atomic E-state index is 13.2. The van der Waals surface area contributed by atoms with E-state index in [1.807, 2.05) is 32.9 Å². The Labute approximate surface area is 151 Å². The molecule has 26 heavy (non-hydrogen) atoms. The first kappa shape index (κ1) is 17.1. The van der Waals surface area contributed by atoms with Crippen molar-refractivity contribution in [2.75, 3.05) is 26.3 Å². The van der Waals surface area contributed by atoms with Gasteiger partial charge in [-0.3, -0.25) is 9.59 Å². The summed E-state index contributed by atoms with van der Waals surface area (Å²) < 4.78 is 11.4. The number of aryl methyl sites for hydroxylation is 3. The monoisotopic (exact) mass is 357 g/mol. The maximum Gasteiger partial charge on any atom is 0.311 e. The van der Waals surface area contributed by atoms with Gasteiger partial charge >= 0.3 is 5.97 Å². The molecule has 6 heteroatoms. The summed E-state index contributed by atoms with van der Waals surface area (Å²) >= 11 is 0. The Balaban J connectivity index is 1.72. The molecule has 2 aliphatic heterocycles. The lowest BCUT2D eigenvalue weighted by Crippen LogP contribution is -2.45. The minimum atomic E-state index is -0.903. The number of fused-ring (bicyclic) bond motifs is 2. The summed E-state index contributed by atoms with van der Waals surface area (Å²) in [7, 11) is 0. The lowest BCUT2D eigenvalue weighted by Gasteiger charge is -2.33. The second-order valence-electron chi connectivity index (χ2n) is 7.63. The van der Waals surface area contributed by atoms with Gasteiger partial charge in [0.05, 0.1) is 12.0 Å². The second kappa shape index (κ2) is 5.84. The minimum absolute atomic E-state index is 0.175. The van der Waals surface area contributed by atoms with Crippen LogP contribution in [0.15, 0.2) is 16.5 Å². The first-order valence-electron chi connectivity index (χ1n) is 8.95. The Morgan fingerprint density at radius 1 is 1.23 bits per heavy atom. The molecule has 6 nitrogen and oxygen atoms in total. The van der Waals surface area contributed by atoms with Crippen molar-refractivity contribution in [3.05, 3.63) is 34.6 Å². The van der Waals surface area contributed by atoms with Gasteiger partial charge in [-0.15, -0.1) is 0 Å². The molecule has 0 spiro atoms. The summed E-state index contributed by atoms with van der Waals surface area (Å²) in [6.45, 7) is 7.26. The molecule has 3 heterocycles. The summed E-state index contributed by atoms with van der Waals surface area (Å²) in [6.07, 6.45) is 0.439. The van der Waals surface area contributed by atoms with Gasteiger partial charge in [0.25, 0.3) is 5.91 Å². The van der Waals surface area contributed by atoms with Crippen molar-refractivity contribution < 1.29 is 23.8 Å². The van der Waals surface area contributed by atoms with Crippen LogP contribution in [0.1, 0.15) is 33.7 Å². The van der Waals surface area contributed by atoms with Crippen LogP contribution in [0, 0.1) is 32.1 Å². The molecule has 2 atom stereocenters. The highest BCUT2D eigenvalue weighted by atomic mass is 16.5. The molecule has 2 saturated heterocycles. The maximum absolute atomic E-state index is 13.2. The van der Waals surface area contributed by atoms with Crippen LogP contribution in [-0.2, 0) is 9.53 Å². The van der Waals surface area contributed by atoms with Gasteiger partial charge in [0, 0.05) is 36.6 Å². The minimum Gasteiger partial charge on any atom is -0.481 e. The van der Waals surface area contributed by atoms with E-state index in [9.17, 15) is 14.7 Å². The summed E-state index contributed by atoms with van der Waals surface area (Å²) in [6, 6.07) is 4.01. The van der Waals surface area contributed by atoms with Gasteiger partial charge in [-0.2, -0.15) is 0 Å². The Kier molecular flexibility index (Phi) is 3.84. The van der Waals surface area contributed by atoms with Crippen molar-refractivity contribution in [2.45, 2.75) is 27.2 Å². The molecular weight excluding hydrogens is 334 g/mol. The number of carbonyl (C=O) groups excluding carboxylic acids is 1. The molecule has 2 aromatic rings. The fourth-order valence-electron chi connectivity index (χ4n) is 4.48. The number of aliphatic carboxylic acids is 1. The molecule has 4 rings (SSSR count). The number of ether oxygens (including phenoxy) is 1. The third-order valence-electron chi connectivity index (χ3n) is 6.10. The molecular formula is C20H23NO5. The van der Waals surface area contributed by atoms with Gasteiger partial charge in [-0.05, 0) is 38.3 Å². The summed E-state index contributed by atoms with van der Waals surface area (Å²) in [5.41, 5.74) is 2.70. The third kappa shape index (κ3) is 2.28. The van der Waals surface area contributed by atoms with E-state index >= 15 is 0 Å². The predicted molar refractivity (Wildman–Crippen MR) is 95.3 cm³/mol. The summed E-state index contributed by atoms with van der Waals surface area (Å²) in [5.74, 6) is -0.926. The van der Waals surface area contributed by atoms with E-state index in [1.165, 1.54) is 0 Å². The van der Waals surface area contributed by atoms with E-state index in [0.29, 0.717) is 31.9 Å². The molecule has 138 valence electrons. The molecule has 1 N–H and O–H groups in total. The van der Waals surface area contributed by atoms with Crippen LogP contribution in [-0.4, -0.2) is 48.2 Å². The number of hydrogen-bond acceptors (Lipinski definition) is 4. The molecule has 0 aliphatic carbocycles. The zero-order valence-electron chi connectivity index (χ0n) is 15.3. The number of carboxylic acids is 1. The van der Waals surface area contributed by atoms with Gasteiger partial charge in [-0.25, -0.2) is 0 Å². The normalized spacial score (nSPS) is 25.5. The van der Waals surface area contributed by atoms with Gasteiger partial charge in [-0.1, -0.05) is 12.1 Å².